The predicted octanol–water partition coefficient (Wildman–Crippen LogP) is 3.34. The molecule has 2 aromatic rings. The first kappa shape index (κ1) is 16.5. The number of halogens is 1. The number of piperidine rings is 1. The van der Waals surface area contributed by atoms with Crippen LogP contribution in [-0.2, 0) is 11.4 Å². The molecule has 2 aromatic carbocycles. The largest absolute Gasteiger partial charge is 0.489 e. The lowest BCUT2D eigenvalue weighted by Crippen LogP contribution is -2.37. The number of carbonyl (C=O) groups is 1. The van der Waals surface area contributed by atoms with E-state index in [1.54, 1.807) is 12.1 Å². The van der Waals surface area contributed by atoms with Gasteiger partial charge in [-0.2, -0.15) is 0 Å². The third kappa shape index (κ3) is 4.55. The number of anilines is 1. The molecule has 0 spiro atoms. The first-order chi connectivity index (χ1) is 11.7. The van der Waals surface area contributed by atoms with E-state index in [0.717, 1.165) is 37.2 Å². The molecule has 1 heterocycles. The Labute approximate surface area is 141 Å². The van der Waals surface area contributed by atoms with Crippen LogP contribution in [0.3, 0.4) is 0 Å². The minimum atomic E-state index is -0.324. The van der Waals surface area contributed by atoms with E-state index >= 15 is 0 Å². The van der Waals surface area contributed by atoms with Crippen LogP contribution in [0.25, 0.3) is 0 Å². The first-order valence-electron chi connectivity index (χ1n) is 8.19. The molecule has 1 atom stereocenters. The summed E-state index contributed by atoms with van der Waals surface area (Å²) in [5.41, 5.74) is 1.67. The number of hydrogen-bond donors (Lipinski definition) is 2. The molecule has 24 heavy (non-hydrogen) atoms. The molecular weight excluding hydrogens is 307 g/mol. The molecule has 4 nitrogen and oxygen atoms in total. The van der Waals surface area contributed by atoms with E-state index in [1.165, 1.54) is 12.1 Å². The summed E-state index contributed by atoms with van der Waals surface area (Å²) < 4.78 is 18.7. The standard InChI is InChI=1S/C19H21FN2O2/c20-16-6-2-8-18(11-16)24-13-14-4-1-7-17(10-14)22-19(23)15-5-3-9-21-12-15/h1-2,4,6-8,10-11,15,21H,3,5,9,12-13H2,(H,22,23). The Balaban J connectivity index is 1.58. The van der Waals surface area contributed by atoms with E-state index in [-0.39, 0.29) is 17.6 Å². The zero-order valence-electron chi connectivity index (χ0n) is 13.4. The summed E-state index contributed by atoms with van der Waals surface area (Å²) in [7, 11) is 0. The number of benzene rings is 2. The maximum Gasteiger partial charge on any atom is 0.228 e. The summed E-state index contributed by atoms with van der Waals surface area (Å²) in [6.07, 6.45) is 1.95. The molecule has 0 aliphatic carbocycles. The van der Waals surface area contributed by atoms with Gasteiger partial charge in [0.1, 0.15) is 18.2 Å². The van der Waals surface area contributed by atoms with Gasteiger partial charge in [0.2, 0.25) is 5.91 Å². The first-order valence-corrected chi connectivity index (χ1v) is 8.19. The summed E-state index contributed by atoms with van der Waals surface area (Å²) in [5, 5.41) is 6.21. The topological polar surface area (TPSA) is 50.4 Å². The minimum Gasteiger partial charge on any atom is -0.489 e. The van der Waals surface area contributed by atoms with Gasteiger partial charge in [0, 0.05) is 18.3 Å². The molecule has 1 fully saturated rings. The van der Waals surface area contributed by atoms with Crippen LogP contribution in [0.4, 0.5) is 10.1 Å². The lowest BCUT2D eigenvalue weighted by molar-refractivity contribution is -0.120. The van der Waals surface area contributed by atoms with E-state index in [2.05, 4.69) is 10.6 Å². The number of carbonyl (C=O) groups excluding carboxylic acids is 1. The number of amides is 1. The third-order valence-corrected chi connectivity index (χ3v) is 4.06. The third-order valence-electron chi connectivity index (χ3n) is 4.06. The van der Waals surface area contributed by atoms with Crippen LogP contribution < -0.4 is 15.4 Å². The Morgan fingerprint density at radius 1 is 1.25 bits per heavy atom. The number of ether oxygens (including phenoxy) is 1. The monoisotopic (exact) mass is 328 g/mol. The van der Waals surface area contributed by atoms with E-state index in [1.807, 2.05) is 24.3 Å². The van der Waals surface area contributed by atoms with Gasteiger partial charge in [0.05, 0.1) is 5.92 Å². The summed E-state index contributed by atoms with van der Waals surface area (Å²) in [6.45, 7) is 2.03. The zero-order valence-corrected chi connectivity index (χ0v) is 13.4. The van der Waals surface area contributed by atoms with Gasteiger partial charge >= 0.3 is 0 Å². The smallest absolute Gasteiger partial charge is 0.228 e. The molecule has 3 rings (SSSR count). The van der Waals surface area contributed by atoms with Crippen molar-refractivity contribution in [2.45, 2.75) is 19.4 Å². The molecule has 5 heteroatoms. The average molecular weight is 328 g/mol. The van der Waals surface area contributed by atoms with Crippen LogP contribution in [0.1, 0.15) is 18.4 Å². The Kier molecular flexibility index (Phi) is 5.43. The average Bonchev–Trinajstić information content (AvgIpc) is 2.61. The fourth-order valence-corrected chi connectivity index (χ4v) is 2.78. The Morgan fingerprint density at radius 3 is 2.92 bits per heavy atom. The lowest BCUT2D eigenvalue weighted by atomic mass is 9.99. The van der Waals surface area contributed by atoms with Crippen molar-refractivity contribution < 1.29 is 13.9 Å². The van der Waals surface area contributed by atoms with Crippen molar-refractivity contribution >= 4 is 11.6 Å². The molecule has 0 bridgehead atoms. The van der Waals surface area contributed by atoms with Gasteiger partial charge in [-0.25, -0.2) is 4.39 Å². The highest BCUT2D eigenvalue weighted by Crippen LogP contribution is 2.18. The second-order valence-corrected chi connectivity index (χ2v) is 5.98. The van der Waals surface area contributed by atoms with E-state index in [4.69, 9.17) is 4.74 Å². The van der Waals surface area contributed by atoms with Gasteiger partial charge in [-0.1, -0.05) is 18.2 Å². The quantitative estimate of drug-likeness (QED) is 0.885. The molecule has 1 aliphatic rings. The van der Waals surface area contributed by atoms with Gasteiger partial charge in [-0.15, -0.1) is 0 Å². The molecule has 1 unspecified atom stereocenters. The van der Waals surface area contributed by atoms with E-state index < -0.39 is 0 Å². The van der Waals surface area contributed by atoms with Gasteiger partial charge in [-0.05, 0) is 49.2 Å². The van der Waals surface area contributed by atoms with Gasteiger partial charge < -0.3 is 15.4 Å². The van der Waals surface area contributed by atoms with Crippen molar-refractivity contribution in [2.24, 2.45) is 5.92 Å². The minimum absolute atomic E-state index is 0.0194. The zero-order chi connectivity index (χ0) is 16.8. The maximum absolute atomic E-state index is 13.1. The highest BCUT2D eigenvalue weighted by molar-refractivity contribution is 5.92. The lowest BCUT2D eigenvalue weighted by Gasteiger charge is -2.22. The van der Waals surface area contributed by atoms with Crippen molar-refractivity contribution in [3.8, 4) is 5.75 Å². The number of rotatable bonds is 5. The van der Waals surface area contributed by atoms with E-state index in [0.29, 0.717) is 12.4 Å². The molecule has 126 valence electrons. The SMILES string of the molecule is O=C(Nc1cccc(COc2cccc(F)c2)c1)C1CCCNC1. The molecule has 1 aliphatic heterocycles. The molecule has 1 amide bonds. The van der Waals surface area contributed by atoms with Gasteiger partial charge in [0.25, 0.3) is 0 Å². The Morgan fingerprint density at radius 2 is 2.12 bits per heavy atom. The molecular formula is C19H21FN2O2. The second-order valence-electron chi connectivity index (χ2n) is 5.98. The molecule has 0 saturated carbocycles. The highest BCUT2D eigenvalue weighted by Gasteiger charge is 2.20. The molecule has 1 saturated heterocycles. The maximum atomic E-state index is 13.1. The van der Waals surface area contributed by atoms with Gasteiger partial charge in [0.15, 0.2) is 0 Å². The summed E-state index contributed by atoms with van der Waals surface area (Å²) in [4.78, 5) is 12.3. The predicted molar refractivity (Wildman–Crippen MR) is 91.4 cm³/mol. The Hall–Kier alpha value is -2.40. The summed E-state index contributed by atoms with van der Waals surface area (Å²) >= 11 is 0. The van der Waals surface area contributed by atoms with Crippen molar-refractivity contribution in [3.63, 3.8) is 0 Å². The normalized spacial score (nSPS) is 17.3. The van der Waals surface area contributed by atoms with Gasteiger partial charge in [-0.3, -0.25) is 4.79 Å². The van der Waals surface area contributed by atoms with Crippen LogP contribution in [0.2, 0.25) is 0 Å². The number of hydrogen-bond acceptors (Lipinski definition) is 3. The number of nitrogens with one attached hydrogen (secondary N) is 2. The Bertz CT molecular complexity index is 699. The fraction of sp³-hybridized carbons (Fsp3) is 0.316. The van der Waals surface area contributed by atoms with E-state index in [9.17, 15) is 9.18 Å². The molecule has 2 N–H and O–H groups in total. The van der Waals surface area contributed by atoms with Crippen molar-refractivity contribution in [1.82, 2.24) is 5.32 Å². The van der Waals surface area contributed by atoms with Crippen LogP contribution in [0, 0.1) is 11.7 Å². The fourth-order valence-electron chi connectivity index (χ4n) is 2.78. The van der Waals surface area contributed by atoms with Crippen LogP contribution in [0.5, 0.6) is 5.75 Å². The molecule has 0 aromatic heterocycles. The highest BCUT2D eigenvalue weighted by atomic mass is 19.1. The van der Waals surface area contributed by atoms with Crippen molar-refractivity contribution in [3.05, 3.63) is 59.9 Å². The molecule has 0 radical (unpaired) electrons. The van der Waals surface area contributed by atoms with Crippen molar-refractivity contribution in [1.29, 1.82) is 0 Å². The van der Waals surface area contributed by atoms with Crippen LogP contribution >= 0.6 is 0 Å². The van der Waals surface area contributed by atoms with Crippen molar-refractivity contribution in [2.75, 3.05) is 18.4 Å². The van der Waals surface area contributed by atoms with Crippen LogP contribution in [0.15, 0.2) is 48.5 Å². The summed E-state index contributed by atoms with van der Waals surface area (Å²) in [6, 6.07) is 13.6. The summed E-state index contributed by atoms with van der Waals surface area (Å²) in [5.74, 6) is 0.226. The van der Waals surface area contributed by atoms with Crippen LogP contribution in [-0.4, -0.2) is 19.0 Å². The second kappa shape index (κ2) is 7.93.